The summed E-state index contributed by atoms with van der Waals surface area (Å²) in [5.41, 5.74) is 10.7. The van der Waals surface area contributed by atoms with Crippen molar-refractivity contribution in [2.24, 2.45) is 0 Å². The number of esters is 1. The van der Waals surface area contributed by atoms with Gasteiger partial charge in [-0.05, 0) is 25.1 Å². The van der Waals surface area contributed by atoms with Crippen molar-refractivity contribution in [1.29, 1.82) is 0 Å². The molecule has 27 heavy (non-hydrogen) atoms. The average molecular weight is 392 g/mol. The number of nitrogen functional groups attached to an aromatic ring is 1. The van der Waals surface area contributed by atoms with E-state index in [0.717, 1.165) is 0 Å². The van der Waals surface area contributed by atoms with Crippen molar-refractivity contribution < 1.29 is 23.9 Å². The summed E-state index contributed by atoms with van der Waals surface area (Å²) in [4.78, 5) is 36.2. The summed E-state index contributed by atoms with van der Waals surface area (Å²) < 4.78 is 10.2. The maximum atomic E-state index is 12.3. The summed E-state index contributed by atoms with van der Waals surface area (Å²) in [6.07, 6.45) is -1.19. The summed E-state index contributed by atoms with van der Waals surface area (Å²) in [6.45, 7) is 1.35. The molecule has 0 aliphatic heterocycles. The number of ether oxygens (including phenoxy) is 2. The van der Waals surface area contributed by atoms with E-state index >= 15 is 0 Å². The second kappa shape index (κ2) is 8.91. The van der Waals surface area contributed by atoms with Crippen molar-refractivity contribution in [3.05, 3.63) is 58.6 Å². The van der Waals surface area contributed by atoms with Gasteiger partial charge < -0.3 is 15.2 Å². The fourth-order valence-electron chi connectivity index (χ4n) is 2.06. The highest BCUT2D eigenvalue weighted by atomic mass is 35.5. The van der Waals surface area contributed by atoms with Gasteiger partial charge in [0, 0.05) is 11.6 Å². The lowest BCUT2D eigenvalue weighted by Gasteiger charge is -2.15. The molecule has 0 aromatic heterocycles. The Balaban J connectivity index is 1.97. The van der Waals surface area contributed by atoms with Gasteiger partial charge in [0.25, 0.3) is 11.8 Å². The minimum Gasteiger partial charge on any atom is -0.496 e. The van der Waals surface area contributed by atoms with Gasteiger partial charge in [-0.3, -0.25) is 20.4 Å². The Kier molecular flexibility index (Phi) is 6.62. The fourth-order valence-corrected chi connectivity index (χ4v) is 2.22. The standard InChI is InChI=1S/C18H18ClN3O5/c1-10(16(23)21-22-17(24)11-6-4-3-5-7-11)27-18(25)12-8-13(19)14(20)9-15(12)26-2/h3-10H,20H2,1-2H3,(H,21,23)(H,22,24)/t10-/m1/s1. The number of carbonyl (C=O) groups excluding carboxylic acids is 3. The van der Waals surface area contributed by atoms with E-state index < -0.39 is 23.9 Å². The zero-order valence-electron chi connectivity index (χ0n) is 14.6. The van der Waals surface area contributed by atoms with E-state index in [1.165, 1.54) is 26.2 Å². The molecule has 0 saturated heterocycles. The molecule has 2 rings (SSSR count). The summed E-state index contributed by atoms with van der Waals surface area (Å²) in [6, 6.07) is 11.0. The van der Waals surface area contributed by atoms with E-state index in [2.05, 4.69) is 10.9 Å². The first-order valence-electron chi connectivity index (χ1n) is 7.82. The number of carbonyl (C=O) groups is 3. The van der Waals surface area contributed by atoms with Crippen LogP contribution in [0.2, 0.25) is 5.02 Å². The first-order valence-corrected chi connectivity index (χ1v) is 8.20. The first-order chi connectivity index (χ1) is 12.8. The van der Waals surface area contributed by atoms with Crippen LogP contribution in [-0.4, -0.2) is 31.0 Å². The van der Waals surface area contributed by atoms with E-state index in [1.807, 2.05) is 0 Å². The summed E-state index contributed by atoms with van der Waals surface area (Å²) in [5.74, 6) is -1.89. The number of methoxy groups -OCH3 is 1. The van der Waals surface area contributed by atoms with E-state index in [0.29, 0.717) is 5.56 Å². The number of anilines is 1. The smallest absolute Gasteiger partial charge is 0.342 e. The second-order valence-electron chi connectivity index (χ2n) is 5.43. The van der Waals surface area contributed by atoms with Crippen molar-refractivity contribution in [2.45, 2.75) is 13.0 Å². The van der Waals surface area contributed by atoms with Gasteiger partial charge in [0.1, 0.15) is 11.3 Å². The summed E-state index contributed by atoms with van der Waals surface area (Å²) in [7, 11) is 1.36. The van der Waals surface area contributed by atoms with Crippen LogP contribution in [-0.2, 0) is 9.53 Å². The van der Waals surface area contributed by atoms with Gasteiger partial charge in [0.15, 0.2) is 6.10 Å². The zero-order valence-corrected chi connectivity index (χ0v) is 15.4. The number of benzene rings is 2. The Bertz CT molecular complexity index is 858. The van der Waals surface area contributed by atoms with Crippen molar-refractivity contribution in [3.63, 3.8) is 0 Å². The van der Waals surface area contributed by atoms with Crippen LogP contribution in [0.1, 0.15) is 27.6 Å². The molecule has 0 spiro atoms. The maximum absolute atomic E-state index is 12.3. The summed E-state index contributed by atoms with van der Waals surface area (Å²) >= 11 is 5.91. The topological polar surface area (TPSA) is 120 Å². The van der Waals surface area contributed by atoms with Crippen molar-refractivity contribution >= 4 is 35.1 Å². The normalized spacial score (nSPS) is 11.2. The Morgan fingerprint density at radius 3 is 2.41 bits per heavy atom. The van der Waals surface area contributed by atoms with Gasteiger partial charge >= 0.3 is 5.97 Å². The number of amides is 2. The number of nitrogens with one attached hydrogen (secondary N) is 2. The number of hydrogen-bond acceptors (Lipinski definition) is 6. The molecule has 0 heterocycles. The third-order valence-corrected chi connectivity index (χ3v) is 3.85. The lowest BCUT2D eigenvalue weighted by atomic mass is 10.2. The van der Waals surface area contributed by atoms with Crippen molar-refractivity contribution in [3.8, 4) is 5.75 Å². The molecule has 0 saturated carbocycles. The molecule has 2 aromatic carbocycles. The largest absolute Gasteiger partial charge is 0.496 e. The van der Waals surface area contributed by atoms with Crippen LogP contribution in [0.5, 0.6) is 5.75 Å². The molecule has 2 aromatic rings. The molecule has 8 nitrogen and oxygen atoms in total. The molecule has 1 atom stereocenters. The zero-order chi connectivity index (χ0) is 20.0. The monoisotopic (exact) mass is 391 g/mol. The predicted molar refractivity (Wildman–Crippen MR) is 99.3 cm³/mol. The highest BCUT2D eigenvalue weighted by molar-refractivity contribution is 6.33. The van der Waals surface area contributed by atoms with Crippen LogP contribution in [0.15, 0.2) is 42.5 Å². The molecule has 0 unspecified atom stereocenters. The summed E-state index contributed by atoms with van der Waals surface area (Å²) in [5, 5.41) is 0.148. The lowest BCUT2D eigenvalue weighted by Crippen LogP contribution is -2.46. The fraction of sp³-hybridized carbons (Fsp3) is 0.167. The van der Waals surface area contributed by atoms with Gasteiger partial charge in [-0.15, -0.1) is 0 Å². The van der Waals surface area contributed by atoms with Crippen LogP contribution in [0, 0.1) is 0 Å². The van der Waals surface area contributed by atoms with E-state index in [-0.39, 0.29) is 22.0 Å². The molecule has 9 heteroatoms. The average Bonchev–Trinajstić information content (AvgIpc) is 2.67. The molecule has 0 radical (unpaired) electrons. The van der Waals surface area contributed by atoms with Crippen LogP contribution < -0.4 is 21.3 Å². The number of rotatable bonds is 5. The van der Waals surface area contributed by atoms with Crippen LogP contribution in [0.25, 0.3) is 0 Å². The number of hydrazine groups is 1. The molecule has 4 N–H and O–H groups in total. The van der Waals surface area contributed by atoms with E-state index in [1.54, 1.807) is 30.3 Å². The number of halogens is 1. The molecular formula is C18H18ClN3O5. The van der Waals surface area contributed by atoms with Gasteiger partial charge in [0.2, 0.25) is 0 Å². The lowest BCUT2D eigenvalue weighted by molar-refractivity contribution is -0.129. The molecule has 2 amide bonds. The Morgan fingerprint density at radius 2 is 1.78 bits per heavy atom. The molecule has 0 aliphatic carbocycles. The highest BCUT2D eigenvalue weighted by Gasteiger charge is 2.23. The van der Waals surface area contributed by atoms with E-state index in [4.69, 9.17) is 26.8 Å². The molecule has 0 fully saturated rings. The quantitative estimate of drug-likeness (QED) is 0.407. The Labute approximate surface area is 160 Å². The number of hydrogen-bond donors (Lipinski definition) is 3. The highest BCUT2D eigenvalue weighted by Crippen LogP contribution is 2.29. The van der Waals surface area contributed by atoms with Crippen molar-refractivity contribution in [2.75, 3.05) is 12.8 Å². The van der Waals surface area contributed by atoms with Gasteiger partial charge in [-0.1, -0.05) is 29.8 Å². The second-order valence-corrected chi connectivity index (χ2v) is 5.84. The van der Waals surface area contributed by atoms with Crippen LogP contribution in [0.4, 0.5) is 5.69 Å². The molecular weight excluding hydrogens is 374 g/mol. The maximum Gasteiger partial charge on any atom is 0.342 e. The van der Waals surface area contributed by atoms with Gasteiger partial charge in [-0.25, -0.2) is 4.79 Å². The third kappa shape index (κ3) is 5.11. The number of nitrogens with two attached hydrogens (primary N) is 1. The molecule has 0 aliphatic rings. The van der Waals surface area contributed by atoms with E-state index in [9.17, 15) is 14.4 Å². The Morgan fingerprint density at radius 1 is 1.11 bits per heavy atom. The minimum absolute atomic E-state index is 0.0182. The molecule has 0 bridgehead atoms. The first kappa shape index (κ1) is 20.1. The Hall–Kier alpha value is -3.26. The van der Waals surface area contributed by atoms with Crippen molar-refractivity contribution in [1.82, 2.24) is 10.9 Å². The minimum atomic E-state index is -1.19. The predicted octanol–water partition coefficient (Wildman–Crippen LogP) is 1.94. The van der Waals surface area contributed by atoms with Gasteiger partial charge in [-0.2, -0.15) is 0 Å². The SMILES string of the molecule is COc1cc(N)c(Cl)cc1C(=O)O[C@H](C)C(=O)NNC(=O)c1ccccc1. The molecule has 142 valence electrons. The van der Waals surface area contributed by atoms with Crippen LogP contribution in [0.3, 0.4) is 0 Å². The van der Waals surface area contributed by atoms with Crippen LogP contribution >= 0.6 is 11.6 Å². The third-order valence-electron chi connectivity index (χ3n) is 3.53. The van der Waals surface area contributed by atoms with Gasteiger partial charge in [0.05, 0.1) is 17.8 Å².